The maximum atomic E-state index is 12.0. The molecule has 0 saturated carbocycles. The molecule has 0 heterocycles. The Balaban J connectivity index is 3.51. The molecule has 0 aliphatic rings. The van der Waals surface area contributed by atoms with E-state index in [4.69, 9.17) is 18.9 Å². The number of esters is 6. The molecule has 0 bridgehead atoms. The maximum Gasteiger partial charge on any atom is 0.313 e. The molecule has 0 spiro atoms. The summed E-state index contributed by atoms with van der Waals surface area (Å²) in [6.45, 7) is 5.50. The molecule has 0 amide bonds. The van der Waals surface area contributed by atoms with Crippen LogP contribution in [-0.2, 0) is 47.7 Å². The number of unbranched alkanes of at least 4 members (excludes halogenated alkanes) is 27. The van der Waals surface area contributed by atoms with Gasteiger partial charge in [-0.25, -0.2) is 0 Å². The standard InChI is InChI=1S/C48H86O10/c1-3-5-7-9-17-25-33-41-55-43(49)35-27-19-11-13-21-29-37-45(51)57-47(53)39-31-23-15-16-24-32-40-48(54)58-46(52)38-30-22-14-12-20-28-36-44(50)56-42-34-26-18-10-8-6-4-2/h3-42H2,1-2H3. The first-order valence-corrected chi connectivity index (χ1v) is 24.1. The van der Waals surface area contributed by atoms with Crippen molar-refractivity contribution in [1.29, 1.82) is 0 Å². The summed E-state index contributed by atoms with van der Waals surface area (Å²) in [5, 5.41) is 0. The Labute approximate surface area is 353 Å². The summed E-state index contributed by atoms with van der Waals surface area (Å²) in [7, 11) is 0. The fourth-order valence-electron chi connectivity index (χ4n) is 6.83. The number of rotatable bonds is 43. The Hall–Kier alpha value is -2.78. The third-order valence-electron chi connectivity index (χ3n) is 10.5. The van der Waals surface area contributed by atoms with Gasteiger partial charge in [0.05, 0.1) is 13.2 Å². The summed E-state index contributed by atoms with van der Waals surface area (Å²) in [5.41, 5.74) is 0. The van der Waals surface area contributed by atoms with Crippen LogP contribution in [0.15, 0.2) is 0 Å². The molecule has 0 aliphatic carbocycles. The monoisotopic (exact) mass is 823 g/mol. The normalized spacial score (nSPS) is 11.0. The lowest BCUT2D eigenvalue weighted by Crippen LogP contribution is -2.12. The van der Waals surface area contributed by atoms with Crippen molar-refractivity contribution in [2.24, 2.45) is 0 Å². The molecule has 0 unspecified atom stereocenters. The molecule has 0 N–H and O–H groups in total. The number of hydrogen-bond donors (Lipinski definition) is 0. The first kappa shape index (κ1) is 55.2. The molecular formula is C48H86O10. The molecular weight excluding hydrogens is 737 g/mol. The van der Waals surface area contributed by atoms with E-state index in [0.717, 1.165) is 116 Å². The van der Waals surface area contributed by atoms with Crippen LogP contribution in [0.5, 0.6) is 0 Å². The van der Waals surface area contributed by atoms with E-state index < -0.39 is 23.9 Å². The molecule has 0 aromatic carbocycles. The van der Waals surface area contributed by atoms with E-state index in [9.17, 15) is 28.8 Å². The van der Waals surface area contributed by atoms with E-state index in [2.05, 4.69) is 13.8 Å². The van der Waals surface area contributed by atoms with E-state index in [1.165, 1.54) is 64.2 Å². The lowest BCUT2D eigenvalue weighted by molar-refractivity contribution is -0.161. The molecule has 10 nitrogen and oxygen atoms in total. The Morgan fingerprint density at radius 2 is 0.431 bits per heavy atom. The Morgan fingerprint density at radius 1 is 0.241 bits per heavy atom. The number of carbonyl (C=O) groups is 6. The fraction of sp³-hybridized carbons (Fsp3) is 0.875. The van der Waals surface area contributed by atoms with Crippen LogP contribution >= 0.6 is 0 Å². The van der Waals surface area contributed by atoms with Crippen molar-refractivity contribution in [1.82, 2.24) is 0 Å². The zero-order valence-corrected chi connectivity index (χ0v) is 37.4. The average Bonchev–Trinajstić information content (AvgIpc) is 3.19. The largest absolute Gasteiger partial charge is 0.466 e. The zero-order chi connectivity index (χ0) is 42.6. The van der Waals surface area contributed by atoms with Crippen LogP contribution in [0.1, 0.15) is 258 Å². The number of carbonyl (C=O) groups excluding carboxylic acids is 6. The van der Waals surface area contributed by atoms with Gasteiger partial charge in [-0.05, 0) is 51.4 Å². The van der Waals surface area contributed by atoms with E-state index in [0.29, 0.717) is 51.7 Å². The van der Waals surface area contributed by atoms with Crippen LogP contribution in [0.2, 0.25) is 0 Å². The van der Waals surface area contributed by atoms with E-state index in [1.807, 2.05) is 0 Å². The first-order chi connectivity index (χ1) is 28.3. The maximum absolute atomic E-state index is 12.0. The zero-order valence-electron chi connectivity index (χ0n) is 37.4. The van der Waals surface area contributed by atoms with Crippen LogP contribution in [0.3, 0.4) is 0 Å². The van der Waals surface area contributed by atoms with Gasteiger partial charge in [0.15, 0.2) is 0 Å². The second kappa shape index (κ2) is 43.8. The number of hydrogen-bond acceptors (Lipinski definition) is 10. The molecule has 0 aromatic rings. The molecule has 58 heavy (non-hydrogen) atoms. The van der Waals surface area contributed by atoms with Crippen molar-refractivity contribution in [2.75, 3.05) is 13.2 Å². The van der Waals surface area contributed by atoms with E-state index in [-0.39, 0.29) is 37.6 Å². The summed E-state index contributed by atoms with van der Waals surface area (Å²) in [6, 6.07) is 0. The summed E-state index contributed by atoms with van der Waals surface area (Å²) >= 11 is 0. The molecule has 0 aliphatic heterocycles. The topological polar surface area (TPSA) is 139 Å². The van der Waals surface area contributed by atoms with E-state index in [1.54, 1.807) is 0 Å². The van der Waals surface area contributed by atoms with Crippen molar-refractivity contribution in [3.63, 3.8) is 0 Å². The summed E-state index contributed by atoms with van der Waals surface area (Å²) < 4.78 is 20.6. The molecule has 338 valence electrons. The van der Waals surface area contributed by atoms with Gasteiger partial charge in [-0.1, -0.05) is 168 Å². The molecule has 0 radical (unpaired) electrons. The minimum Gasteiger partial charge on any atom is -0.466 e. The van der Waals surface area contributed by atoms with Crippen molar-refractivity contribution < 1.29 is 47.7 Å². The fourth-order valence-corrected chi connectivity index (χ4v) is 6.83. The lowest BCUT2D eigenvalue weighted by atomic mass is 10.1. The minimum absolute atomic E-state index is 0.101. The van der Waals surface area contributed by atoms with Crippen LogP contribution in [0.25, 0.3) is 0 Å². The highest BCUT2D eigenvalue weighted by molar-refractivity contribution is 5.85. The summed E-state index contributed by atoms with van der Waals surface area (Å²) in [4.78, 5) is 71.7. The second-order valence-corrected chi connectivity index (χ2v) is 16.2. The van der Waals surface area contributed by atoms with E-state index >= 15 is 0 Å². The van der Waals surface area contributed by atoms with Gasteiger partial charge in [0.1, 0.15) is 0 Å². The number of ether oxygens (including phenoxy) is 4. The lowest BCUT2D eigenvalue weighted by Gasteiger charge is -2.06. The molecule has 0 rings (SSSR count). The second-order valence-electron chi connectivity index (χ2n) is 16.2. The summed E-state index contributed by atoms with van der Waals surface area (Å²) in [5.74, 6) is -2.07. The first-order valence-electron chi connectivity index (χ1n) is 24.1. The van der Waals surface area contributed by atoms with Crippen molar-refractivity contribution >= 4 is 35.8 Å². The molecule has 0 aromatic heterocycles. The van der Waals surface area contributed by atoms with Crippen molar-refractivity contribution in [3.05, 3.63) is 0 Å². The summed E-state index contributed by atoms with van der Waals surface area (Å²) in [6.07, 6.45) is 34.3. The Bertz CT molecular complexity index is 946. The quantitative estimate of drug-likeness (QED) is 0.0253. The van der Waals surface area contributed by atoms with Gasteiger partial charge in [0.25, 0.3) is 0 Å². The highest BCUT2D eigenvalue weighted by atomic mass is 16.6. The molecule has 0 atom stereocenters. The van der Waals surface area contributed by atoms with Crippen molar-refractivity contribution in [3.8, 4) is 0 Å². The van der Waals surface area contributed by atoms with Crippen molar-refractivity contribution in [2.45, 2.75) is 258 Å². The molecule has 10 heteroatoms. The van der Waals surface area contributed by atoms with Gasteiger partial charge in [-0.15, -0.1) is 0 Å². The minimum atomic E-state index is -0.473. The van der Waals surface area contributed by atoms with Crippen LogP contribution in [-0.4, -0.2) is 49.0 Å². The van der Waals surface area contributed by atoms with Gasteiger partial charge in [-0.2, -0.15) is 0 Å². The highest BCUT2D eigenvalue weighted by Gasteiger charge is 2.12. The van der Waals surface area contributed by atoms with Gasteiger partial charge >= 0.3 is 35.8 Å². The van der Waals surface area contributed by atoms with Gasteiger partial charge in [-0.3, -0.25) is 28.8 Å². The van der Waals surface area contributed by atoms with Gasteiger partial charge < -0.3 is 18.9 Å². The van der Waals surface area contributed by atoms with Crippen LogP contribution < -0.4 is 0 Å². The Kier molecular flexibility index (Phi) is 41.7. The van der Waals surface area contributed by atoms with Crippen LogP contribution in [0, 0.1) is 0 Å². The Morgan fingerprint density at radius 3 is 0.672 bits per heavy atom. The van der Waals surface area contributed by atoms with Crippen LogP contribution in [0.4, 0.5) is 0 Å². The molecule has 0 fully saturated rings. The smallest absolute Gasteiger partial charge is 0.313 e. The SMILES string of the molecule is CCCCCCCCCOC(=O)CCCCCCCCC(=O)OC(=O)CCCCCCCCC(=O)OC(=O)CCCCCCCCC(=O)OCCCCCCCCC. The third-order valence-corrected chi connectivity index (χ3v) is 10.5. The average molecular weight is 823 g/mol. The predicted octanol–water partition coefficient (Wildman–Crippen LogP) is 13.1. The predicted molar refractivity (Wildman–Crippen MR) is 231 cm³/mol. The molecule has 0 saturated heterocycles. The van der Waals surface area contributed by atoms with Gasteiger partial charge in [0.2, 0.25) is 0 Å². The van der Waals surface area contributed by atoms with Gasteiger partial charge in [0, 0.05) is 38.5 Å². The highest BCUT2D eigenvalue weighted by Crippen LogP contribution is 2.14. The third kappa shape index (κ3) is 42.8.